The van der Waals surface area contributed by atoms with Gasteiger partial charge < -0.3 is 20.5 Å². The summed E-state index contributed by atoms with van der Waals surface area (Å²) in [6, 6.07) is 4.90. The Morgan fingerprint density at radius 1 is 1.47 bits per heavy atom. The molecule has 0 saturated heterocycles. The quantitative estimate of drug-likeness (QED) is 0.520. The summed E-state index contributed by atoms with van der Waals surface area (Å²) in [7, 11) is 1.44. The maximum atomic E-state index is 11.4. The molecule has 0 aliphatic heterocycles. The van der Waals surface area contributed by atoms with Gasteiger partial charge in [-0.15, -0.1) is 0 Å². The van der Waals surface area contributed by atoms with Crippen LogP contribution in [0.2, 0.25) is 0 Å². The third kappa shape index (κ3) is 5.32. The third-order valence-electron chi connectivity index (χ3n) is 2.19. The lowest BCUT2D eigenvalue weighted by atomic mass is 10.3. The Bertz CT molecular complexity index is 434. The number of hydrogen-bond acceptors (Lipinski definition) is 5. The molecule has 1 aromatic rings. The Morgan fingerprint density at radius 2 is 2.11 bits per heavy atom. The number of urea groups is 1. The van der Waals surface area contributed by atoms with Crippen LogP contribution >= 0.6 is 0 Å². The summed E-state index contributed by atoms with van der Waals surface area (Å²) >= 11 is 0. The second-order valence-corrected chi connectivity index (χ2v) is 3.75. The molecule has 1 aromatic carbocycles. The highest BCUT2D eigenvalue weighted by Crippen LogP contribution is 2.14. The number of rotatable bonds is 6. The number of nitrogens with one attached hydrogen (secondary N) is 2. The predicted molar refractivity (Wildman–Crippen MR) is 68.0 cm³/mol. The topological polar surface area (TPSA) is 114 Å². The molecular weight excluding hydrogens is 254 g/mol. The number of nitro benzene ring substituents is 1. The van der Waals surface area contributed by atoms with Gasteiger partial charge >= 0.3 is 6.03 Å². The number of hydrogen-bond donors (Lipinski definition) is 3. The van der Waals surface area contributed by atoms with E-state index >= 15 is 0 Å². The average Bonchev–Trinajstić information content (AvgIpc) is 2.37. The van der Waals surface area contributed by atoms with Crippen LogP contribution in [-0.2, 0) is 4.74 Å². The van der Waals surface area contributed by atoms with Crippen LogP contribution in [0.4, 0.5) is 16.2 Å². The van der Waals surface area contributed by atoms with Crippen molar-refractivity contribution in [1.82, 2.24) is 5.32 Å². The van der Waals surface area contributed by atoms with Gasteiger partial charge in [-0.25, -0.2) is 4.79 Å². The molecule has 1 atom stereocenters. The van der Waals surface area contributed by atoms with E-state index in [1.165, 1.54) is 31.4 Å². The third-order valence-corrected chi connectivity index (χ3v) is 2.19. The Balaban J connectivity index is 2.42. The van der Waals surface area contributed by atoms with Crippen LogP contribution in [0.1, 0.15) is 0 Å². The van der Waals surface area contributed by atoms with Gasteiger partial charge in [-0.1, -0.05) is 0 Å². The zero-order valence-corrected chi connectivity index (χ0v) is 10.3. The first kappa shape index (κ1) is 14.9. The smallest absolute Gasteiger partial charge is 0.319 e. The first-order valence-corrected chi connectivity index (χ1v) is 5.49. The first-order chi connectivity index (χ1) is 9.02. The molecule has 0 heterocycles. The molecule has 104 valence electrons. The van der Waals surface area contributed by atoms with Crippen LogP contribution in [0, 0.1) is 10.1 Å². The second kappa shape index (κ2) is 7.29. The fraction of sp³-hybridized carbons (Fsp3) is 0.364. The Kier molecular flexibility index (Phi) is 5.71. The van der Waals surface area contributed by atoms with E-state index in [0.717, 1.165) is 0 Å². The van der Waals surface area contributed by atoms with Gasteiger partial charge in [0.05, 0.1) is 17.6 Å². The van der Waals surface area contributed by atoms with Crippen molar-refractivity contribution in [1.29, 1.82) is 0 Å². The monoisotopic (exact) mass is 269 g/mol. The van der Waals surface area contributed by atoms with Gasteiger partial charge in [0, 0.05) is 31.5 Å². The summed E-state index contributed by atoms with van der Waals surface area (Å²) in [5.74, 6) is 0. The van der Waals surface area contributed by atoms with Gasteiger partial charge in [0.15, 0.2) is 0 Å². The highest BCUT2D eigenvalue weighted by molar-refractivity contribution is 5.89. The molecule has 0 radical (unpaired) electrons. The van der Waals surface area contributed by atoms with Crippen LogP contribution in [0.25, 0.3) is 0 Å². The molecule has 0 aliphatic carbocycles. The van der Waals surface area contributed by atoms with Crippen molar-refractivity contribution in [2.24, 2.45) is 0 Å². The summed E-state index contributed by atoms with van der Waals surface area (Å²) in [4.78, 5) is 21.3. The maximum absolute atomic E-state index is 11.4. The Labute approximate surface area is 109 Å². The minimum Gasteiger partial charge on any atom is -0.389 e. The molecule has 0 fully saturated rings. The molecule has 1 unspecified atom stereocenters. The van der Waals surface area contributed by atoms with Crippen molar-refractivity contribution in [2.45, 2.75) is 6.10 Å². The van der Waals surface area contributed by atoms with Crippen molar-refractivity contribution in [2.75, 3.05) is 25.6 Å². The SMILES string of the molecule is COCC(O)CNC(=O)Nc1ccc([N+](=O)[O-])cc1. The number of methoxy groups -OCH3 is 1. The van der Waals surface area contributed by atoms with E-state index in [2.05, 4.69) is 10.6 Å². The lowest BCUT2D eigenvalue weighted by molar-refractivity contribution is -0.384. The van der Waals surface area contributed by atoms with Crippen LogP contribution < -0.4 is 10.6 Å². The van der Waals surface area contributed by atoms with Crippen LogP contribution in [0.15, 0.2) is 24.3 Å². The molecule has 2 amide bonds. The number of ether oxygens (including phenoxy) is 1. The number of non-ortho nitro benzene ring substituents is 1. The van der Waals surface area contributed by atoms with Crippen molar-refractivity contribution in [3.63, 3.8) is 0 Å². The average molecular weight is 269 g/mol. The first-order valence-electron chi connectivity index (χ1n) is 5.49. The highest BCUT2D eigenvalue weighted by Gasteiger charge is 2.08. The number of carbonyl (C=O) groups excluding carboxylic acids is 1. The van der Waals surface area contributed by atoms with Crippen LogP contribution in [-0.4, -0.2) is 42.4 Å². The molecule has 1 rings (SSSR count). The zero-order chi connectivity index (χ0) is 14.3. The number of nitro groups is 1. The van der Waals surface area contributed by atoms with Crippen molar-refractivity contribution in [3.05, 3.63) is 34.4 Å². The number of benzene rings is 1. The Morgan fingerprint density at radius 3 is 2.63 bits per heavy atom. The second-order valence-electron chi connectivity index (χ2n) is 3.75. The van der Waals surface area contributed by atoms with Gasteiger partial charge in [0.25, 0.3) is 5.69 Å². The number of carbonyl (C=O) groups is 1. The van der Waals surface area contributed by atoms with E-state index in [1.807, 2.05) is 0 Å². The molecule has 3 N–H and O–H groups in total. The van der Waals surface area contributed by atoms with Gasteiger partial charge in [-0.3, -0.25) is 10.1 Å². The van der Waals surface area contributed by atoms with Gasteiger partial charge in [0.1, 0.15) is 0 Å². The summed E-state index contributed by atoms with van der Waals surface area (Å²) in [6.45, 7) is 0.171. The highest BCUT2D eigenvalue weighted by atomic mass is 16.6. The molecule has 0 spiro atoms. The van der Waals surface area contributed by atoms with E-state index in [0.29, 0.717) is 5.69 Å². The van der Waals surface area contributed by atoms with Gasteiger partial charge in [0.2, 0.25) is 0 Å². The predicted octanol–water partition coefficient (Wildman–Crippen LogP) is 0.724. The summed E-state index contributed by atoms with van der Waals surface area (Å²) in [5.41, 5.74) is 0.366. The summed E-state index contributed by atoms with van der Waals surface area (Å²) in [6.07, 6.45) is -0.785. The van der Waals surface area contributed by atoms with Crippen LogP contribution in [0.5, 0.6) is 0 Å². The molecule has 8 heteroatoms. The van der Waals surface area contributed by atoms with Gasteiger partial charge in [-0.2, -0.15) is 0 Å². The number of aliphatic hydroxyl groups excluding tert-OH is 1. The van der Waals surface area contributed by atoms with Crippen molar-refractivity contribution < 1.29 is 19.6 Å². The van der Waals surface area contributed by atoms with E-state index in [9.17, 15) is 20.0 Å². The molecular formula is C11H15N3O5. The standard InChI is InChI=1S/C11H15N3O5/c1-19-7-10(15)6-12-11(16)13-8-2-4-9(5-3-8)14(17)18/h2-5,10,15H,6-7H2,1H3,(H2,12,13,16). The normalized spacial score (nSPS) is 11.7. The maximum Gasteiger partial charge on any atom is 0.319 e. The molecule has 0 aromatic heterocycles. The summed E-state index contributed by atoms with van der Waals surface area (Å²) < 4.78 is 4.70. The summed E-state index contributed by atoms with van der Waals surface area (Å²) in [5, 5.41) is 24.7. The largest absolute Gasteiger partial charge is 0.389 e. The fourth-order valence-electron chi connectivity index (χ4n) is 1.30. The molecule has 8 nitrogen and oxygen atoms in total. The van der Waals surface area contributed by atoms with Gasteiger partial charge in [-0.05, 0) is 12.1 Å². The fourth-order valence-corrected chi connectivity index (χ4v) is 1.30. The minimum atomic E-state index is -0.785. The lowest BCUT2D eigenvalue weighted by Gasteiger charge is -2.11. The van der Waals surface area contributed by atoms with E-state index < -0.39 is 17.1 Å². The van der Waals surface area contributed by atoms with Crippen molar-refractivity contribution >= 4 is 17.4 Å². The minimum absolute atomic E-state index is 0.0483. The Hall–Kier alpha value is -2.19. The zero-order valence-electron chi connectivity index (χ0n) is 10.3. The number of aliphatic hydroxyl groups is 1. The number of nitrogens with zero attached hydrogens (tertiary/aromatic N) is 1. The molecule has 0 saturated carbocycles. The van der Waals surface area contributed by atoms with E-state index in [4.69, 9.17) is 4.74 Å². The number of anilines is 1. The number of amides is 2. The van der Waals surface area contributed by atoms with E-state index in [1.54, 1.807) is 0 Å². The van der Waals surface area contributed by atoms with Crippen molar-refractivity contribution in [3.8, 4) is 0 Å². The van der Waals surface area contributed by atoms with Crippen LogP contribution in [0.3, 0.4) is 0 Å². The molecule has 0 bridgehead atoms. The van der Waals surface area contributed by atoms with E-state index in [-0.39, 0.29) is 18.8 Å². The lowest BCUT2D eigenvalue weighted by Crippen LogP contribution is -2.36. The molecule has 19 heavy (non-hydrogen) atoms. The molecule has 0 aliphatic rings.